The van der Waals surface area contributed by atoms with Gasteiger partial charge in [0.05, 0.1) is 16.0 Å². The molecule has 0 atom stereocenters. The van der Waals surface area contributed by atoms with Gasteiger partial charge in [-0.1, -0.05) is 12.1 Å². The van der Waals surface area contributed by atoms with E-state index in [9.17, 15) is 9.59 Å². The molecule has 0 unspecified atom stereocenters. The minimum Gasteiger partial charge on any atom is -0.340 e. The molecular formula is C21H22N4O2S. The van der Waals surface area contributed by atoms with Crippen molar-refractivity contribution in [2.45, 2.75) is 6.42 Å². The molecule has 7 heteroatoms. The van der Waals surface area contributed by atoms with Gasteiger partial charge < -0.3 is 15.1 Å². The lowest BCUT2D eigenvalue weighted by Crippen LogP contribution is -2.47. The van der Waals surface area contributed by atoms with Crippen molar-refractivity contribution in [2.75, 3.05) is 38.5 Å². The highest BCUT2D eigenvalue weighted by atomic mass is 32.1. The highest BCUT2D eigenvalue weighted by Crippen LogP contribution is 2.25. The van der Waals surface area contributed by atoms with E-state index in [0.29, 0.717) is 17.0 Å². The fraction of sp³-hybridized carbons (Fsp3) is 0.286. The number of rotatable bonds is 4. The van der Waals surface area contributed by atoms with Gasteiger partial charge in [0.1, 0.15) is 0 Å². The van der Waals surface area contributed by atoms with Gasteiger partial charge in [-0.15, -0.1) is 11.3 Å². The number of hydrogen-bond acceptors (Lipinski definition) is 5. The molecule has 3 heterocycles. The first kappa shape index (κ1) is 18.6. The molecule has 2 aromatic heterocycles. The summed E-state index contributed by atoms with van der Waals surface area (Å²) in [5.74, 6) is -0.0164. The highest BCUT2D eigenvalue weighted by Gasteiger charge is 2.19. The number of nitrogens with zero attached hydrogens (tertiary/aromatic N) is 3. The maximum Gasteiger partial charge on any atom is 0.265 e. The van der Waals surface area contributed by atoms with Gasteiger partial charge >= 0.3 is 0 Å². The highest BCUT2D eigenvalue weighted by molar-refractivity contribution is 7.20. The number of benzene rings is 1. The first-order valence-corrected chi connectivity index (χ1v) is 10.1. The molecule has 1 saturated heterocycles. The number of aromatic nitrogens is 1. The van der Waals surface area contributed by atoms with Gasteiger partial charge in [-0.05, 0) is 42.3 Å². The molecule has 0 aliphatic carbocycles. The molecule has 0 spiro atoms. The van der Waals surface area contributed by atoms with Crippen molar-refractivity contribution in [1.29, 1.82) is 0 Å². The van der Waals surface area contributed by atoms with Crippen molar-refractivity contribution in [1.82, 2.24) is 14.8 Å². The Labute approximate surface area is 167 Å². The number of carbonyl (C=O) groups excluding carboxylic acids is 2. The number of nitrogens with one attached hydrogen (secondary N) is 1. The predicted molar refractivity (Wildman–Crippen MR) is 112 cm³/mol. The van der Waals surface area contributed by atoms with Gasteiger partial charge in [0.25, 0.3) is 5.91 Å². The number of anilines is 1. The van der Waals surface area contributed by atoms with Crippen LogP contribution in [0.5, 0.6) is 0 Å². The summed E-state index contributed by atoms with van der Waals surface area (Å²) in [7, 11) is 2.07. The van der Waals surface area contributed by atoms with Crippen LogP contribution >= 0.6 is 11.3 Å². The van der Waals surface area contributed by atoms with Crippen molar-refractivity contribution in [2.24, 2.45) is 0 Å². The van der Waals surface area contributed by atoms with Crippen molar-refractivity contribution in [3.8, 4) is 0 Å². The Morgan fingerprint density at radius 3 is 2.75 bits per heavy atom. The number of piperazine rings is 1. The molecule has 0 bridgehead atoms. The topological polar surface area (TPSA) is 65.5 Å². The molecule has 1 N–H and O–H groups in total. The number of fused-ring (bicyclic) bond motifs is 1. The molecule has 28 heavy (non-hydrogen) atoms. The first-order valence-electron chi connectivity index (χ1n) is 9.29. The molecule has 1 fully saturated rings. The van der Waals surface area contributed by atoms with Crippen LogP contribution in [-0.2, 0) is 11.2 Å². The molecule has 6 nitrogen and oxygen atoms in total. The molecule has 1 aliphatic heterocycles. The average molecular weight is 395 g/mol. The Bertz CT molecular complexity index is 975. The van der Waals surface area contributed by atoms with E-state index < -0.39 is 0 Å². The number of amides is 2. The molecule has 0 radical (unpaired) electrons. The second kappa shape index (κ2) is 8.08. The summed E-state index contributed by atoms with van der Waals surface area (Å²) in [6.07, 6.45) is 3.83. The summed E-state index contributed by atoms with van der Waals surface area (Å²) in [4.78, 5) is 34.0. The van der Waals surface area contributed by atoms with E-state index in [4.69, 9.17) is 0 Å². The van der Waals surface area contributed by atoms with Crippen LogP contribution < -0.4 is 5.32 Å². The predicted octanol–water partition coefficient (Wildman–Crippen LogP) is 2.87. The second-order valence-corrected chi connectivity index (χ2v) is 8.12. The van der Waals surface area contributed by atoms with Crippen molar-refractivity contribution in [3.05, 3.63) is 59.2 Å². The Morgan fingerprint density at radius 2 is 1.96 bits per heavy atom. The third kappa shape index (κ3) is 4.21. The third-order valence-corrected chi connectivity index (χ3v) is 6.03. The lowest BCUT2D eigenvalue weighted by molar-refractivity contribution is -0.132. The quantitative estimate of drug-likeness (QED) is 0.739. The van der Waals surface area contributed by atoms with Gasteiger partial charge in [-0.3, -0.25) is 14.6 Å². The molecule has 0 saturated carbocycles. The van der Waals surface area contributed by atoms with Crippen molar-refractivity contribution in [3.63, 3.8) is 0 Å². The fourth-order valence-electron chi connectivity index (χ4n) is 3.29. The maximum atomic E-state index is 12.6. The molecule has 3 aromatic rings. The number of hydrogen-bond donors (Lipinski definition) is 1. The van der Waals surface area contributed by atoms with E-state index in [1.807, 2.05) is 41.3 Å². The van der Waals surface area contributed by atoms with E-state index in [0.717, 1.165) is 41.8 Å². The van der Waals surface area contributed by atoms with Crippen LogP contribution in [0.1, 0.15) is 15.2 Å². The van der Waals surface area contributed by atoms with Crippen LogP contribution in [0.15, 0.2) is 48.8 Å². The molecular weight excluding hydrogens is 372 g/mol. The van der Waals surface area contributed by atoms with Crippen LogP contribution in [0.3, 0.4) is 0 Å². The Kier molecular flexibility index (Phi) is 5.36. The van der Waals surface area contributed by atoms with Crippen LogP contribution in [0.4, 0.5) is 5.69 Å². The zero-order valence-corrected chi connectivity index (χ0v) is 16.5. The summed E-state index contributed by atoms with van der Waals surface area (Å²) >= 11 is 1.42. The lowest BCUT2D eigenvalue weighted by Gasteiger charge is -2.32. The minimum atomic E-state index is -0.149. The molecule has 1 aliphatic rings. The lowest BCUT2D eigenvalue weighted by atomic mass is 10.1. The smallest absolute Gasteiger partial charge is 0.265 e. The average Bonchev–Trinajstić information content (AvgIpc) is 3.13. The summed E-state index contributed by atoms with van der Waals surface area (Å²) in [6.45, 7) is 3.36. The van der Waals surface area contributed by atoms with Gasteiger partial charge in [0.15, 0.2) is 0 Å². The van der Waals surface area contributed by atoms with E-state index >= 15 is 0 Å². The third-order valence-electron chi connectivity index (χ3n) is 4.94. The van der Waals surface area contributed by atoms with Crippen LogP contribution in [0.25, 0.3) is 10.1 Å². The molecule has 4 rings (SSSR count). The Morgan fingerprint density at radius 1 is 1.14 bits per heavy atom. The van der Waals surface area contributed by atoms with Crippen molar-refractivity contribution < 1.29 is 9.59 Å². The fourth-order valence-corrected chi connectivity index (χ4v) is 4.22. The molecule has 144 valence electrons. The number of thiophene rings is 1. The standard InChI is InChI=1S/C21H22N4O2S/c1-24-7-9-25(10-8-24)20(26)12-15-3-2-4-17(11-15)23-21(27)18-13-16-5-6-22-14-19(16)28-18/h2-6,11,13-14H,7-10,12H2,1H3,(H,23,27). The number of likely N-dealkylation sites (N-methyl/N-ethyl adjacent to an activating group) is 1. The largest absolute Gasteiger partial charge is 0.340 e. The molecule has 2 amide bonds. The van der Waals surface area contributed by atoms with E-state index in [2.05, 4.69) is 22.2 Å². The SMILES string of the molecule is CN1CCN(C(=O)Cc2cccc(NC(=O)c3cc4ccncc4s3)c2)CC1. The van der Waals surface area contributed by atoms with Gasteiger partial charge in [0.2, 0.25) is 5.91 Å². The summed E-state index contributed by atoms with van der Waals surface area (Å²) in [5, 5.41) is 3.95. The summed E-state index contributed by atoms with van der Waals surface area (Å²) < 4.78 is 0.985. The zero-order valence-electron chi connectivity index (χ0n) is 15.7. The maximum absolute atomic E-state index is 12.6. The zero-order chi connectivity index (χ0) is 19.5. The Balaban J connectivity index is 1.41. The van der Waals surface area contributed by atoms with E-state index in [1.165, 1.54) is 11.3 Å². The van der Waals surface area contributed by atoms with Crippen LogP contribution in [0, 0.1) is 0 Å². The summed E-state index contributed by atoms with van der Waals surface area (Å²) in [5.41, 5.74) is 1.60. The number of carbonyl (C=O) groups is 2. The van der Waals surface area contributed by atoms with Crippen LogP contribution in [-0.4, -0.2) is 59.8 Å². The van der Waals surface area contributed by atoms with E-state index in [1.54, 1.807) is 12.4 Å². The Hall–Kier alpha value is -2.77. The van der Waals surface area contributed by atoms with Gasteiger partial charge in [0, 0.05) is 44.3 Å². The van der Waals surface area contributed by atoms with Crippen molar-refractivity contribution >= 4 is 38.9 Å². The van der Waals surface area contributed by atoms with E-state index in [-0.39, 0.29) is 11.8 Å². The molecule has 1 aromatic carbocycles. The summed E-state index contributed by atoms with van der Waals surface area (Å²) in [6, 6.07) is 11.3. The minimum absolute atomic E-state index is 0.133. The van der Waals surface area contributed by atoms with Gasteiger partial charge in [-0.2, -0.15) is 0 Å². The van der Waals surface area contributed by atoms with Gasteiger partial charge in [-0.25, -0.2) is 0 Å². The second-order valence-electron chi connectivity index (χ2n) is 7.04. The van der Waals surface area contributed by atoms with Crippen LogP contribution in [0.2, 0.25) is 0 Å². The number of pyridine rings is 1. The first-order chi connectivity index (χ1) is 13.6. The normalized spacial score (nSPS) is 15.0. The monoisotopic (exact) mass is 394 g/mol.